The minimum atomic E-state index is -1.05. The molecule has 0 atom stereocenters. The third kappa shape index (κ3) is 2.95. The van der Waals surface area contributed by atoms with Crippen LogP contribution in [0.3, 0.4) is 0 Å². The van der Waals surface area contributed by atoms with Crippen molar-refractivity contribution in [2.24, 2.45) is 0 Å². The lowest BCUT2D eigenvalue weighted by Gasteiger charge is -2.09. The summed E-state index contributed by atoms with van der Waals surface area (Å²) in [5, 5.41) is 12.1. The molecule has 0 aliphatic heterocycles. The van der Waals surface area contributed by atoms with E-state index in [4.69, 9.17) is 15.6 Å². The van der Waals surface area contributed by atoms with Gasteiger partial charge in [0.1, 0.15) is 5.75 Å². The fraction of sp³-hybridized carbons (Fsp3) is 0.0714. The fourth-order valence-electron chi connectivity index (χ4n) is 1.66. The summed E-state index contributed by atoms with van der Waals surface area (Å²) < 4.78 is 5.06. The van der Waals surface area contributed by atoms with Gasteiger partial charge in [0.05, 0.1) is 12.7 Å². The van der Waals surface area contributed by atoms with Crippen LogP contribution in [-0.4, -0.2) is 18.2 Å². The summed E-state index contributed by atoms with van der Waals surface area (Å²) in [6, 6.07) is 12.1. The van der Waals surface area contributed by atoms with Gasteiger partial charge in [-0.3, -0.25) is 0 Å². The Kier molecular flexibility index (Phi) is 3.56. The van der Waals surface area contributed by atoms with Gasteiger partial charge in [0.2, 0.25) is 0 Å². The molecule has 0 unspecified atom stereocenters. The highest BCUT2D eigenvalue weighted by atomic mass is 16.5. The van der Waals surface area contributed by atoms with Crippen LogP contribution < -0.4 is 15.8 Å². The molecule has 4 N–H and O–H groups in total. The predicted molar refractivity (Wildman–Crippen MR) is 74.1 cm³/mol. The molecular weight excluding hydrogens is 244 g/mol. The Bertz CT molecular complexity index is 594. The third-order valence-electron chi connectivity index (χ3n) is 2.66. The second-order valence-electron chi connectivity index (χ2n) is 3.96. The number of aromatic carboxylic acids is 1. The zero-order valence-electron chi connectivity index (χ0n) is 10.4. The minimum Gasteiger partial charge on any atom is -0.497 e. The van der Waals surface area contributed by atoms with E-state index in [1.54, 1.807) is 19.2 Å². The molecule has 2 aromatic rings. The number of nitrogen functional groups attached to an aromatic ring is 1. The van der Waals surface area contributed by atoms with E-state index in [2.05, 4.69) is 5.32 Å². The molecule has 0 spiro atoms. The van der Waals surface area contributed by atoms with Crippen molar-refractivity contribution in [3.05, 3.63) is 48.0 Å². The lowest BCUT2D eigenvalue weighted by Crippen LogP contribution is -2.03. The number of methoxy groups -OCH3 is 1. The standard InChI is InChI=1S/C14H14N2O3/c1-19-11-5-2-9(3-6-11)16-10-4-7-13(15)12(8-10)14(17)18/h2-8,16H,15H2,1H3,(H,17,18). The highest BCUT2D eigenvalue weighted by Gasteiger charge is 2.08. The third-order valence-corrected chi connectivity index (χ3v) is 2.66. The highest BCUT2D eigenvalue weighted by molar-refractivity contribution is 5.95. The number of nitrogens with one attached hydrogen (secondary N) is 1. The van der Waals surface area contributed by atoms with Crippen LogP contribution in [0.1, 0.15) is 10.4 Å². The second-order valence-corrected chi connectivity index (χ2v) is 3.96. The number of ether oxygens (including phenoxy) is 1. The first-order chi connectivity index (χ1) is 9.10. The summed E-state index contributed by atoms with van der Waals surface area (Å²) in [6.45, 7) is 0. The van der Waals surface area contributed by atoms with E-state index in [1.807, 2.05) is 24.3 Å². The number of hydrogen-bond donors (Lipinski definition) is 3. The molecule has 0 aliphatic carbocycles. The normalized spacial score (nSPS) is 9.95. The van der Waals surface area contributed by atoms with Gasteiger partial charge in [-0.15, -0.1) is 0 Å². The van der Waals surface area contributed by atoms with Crippen LogP contribution in [0.5, 0.6) is 5.75 Å². The van der Waals surface area contributed by atoms with Crippen LogP contribution in [0.15, 0.2) is 42.5 Å². The van der Waals surface area contributed by atoms with Crippen molar-refractivity contribution in [3.8, 4) is 5.75 Å². The van der Waals surface area contributed by atoms with Gasteiger partial charge in [-0.1, -0.05) is 0 Å². The molecule has 2 aromatic carbocycles. The maximum atomic E-state index is 11.0. The molecule has 0 amide bonds. The van der Waals surface area contributed by atoms with Crippen LogP contribution in [0.4, 0.5) is 17.1 Å². The molecule has 0 radical (unpaired) electrons. The van der Waals surface area contributed by atoms with Crippen molar-refractivity contribution < 1.29 is 14.6 Å². The van der Waals surface area contributed by atoms with E-state index >= 15 is 0 Å². The Labute approximate surface area is 110 Å². The summed E-state index contributed by atoms with van der Waals surface area (Å²) in [5.41, 5.74) is 7.42. The fourth-order valence-corrected chi connectivity index (χ4v) is 1.66. The van der Waals surface area contributed by atoms with Crippen LogP contribution in [0.25, 0.3) is 0 Å². The Morgan fingerprint density at radius 3 is 2.37 bits per heavy atom. The number of carbonyl (C=O) groups is 1. The summed E-state index contributed by atoms with van der Waals surface area (Å²) in [6.07, 6.45) is 0. The smallest absolute Gasteiger partial charge is 0.337 e. The maximum absolute atomic E-state index is 11.0. The van der Waals surface area contributed by atoms with E-state index in [-0.39, 0.29) is 11.3 Å². The number of hydrogen-bond acceptors (Lipinski definition) is 4. The Hall–Kier alpha value is -2.69. The molecule has 2 rings (SSSR count). The van der Waals surface area contributed by atoms with Gasteiger partial charge in [0, 0.05) is 17.1 Å². The second kappa shape index (κ2) is 5.30. The molecule has 0 aliphatic rings. The summed E-state index contributed by atoms with van der Waals surface area (Å²) in [4.78, 5) is 11.0. The molecule has 0 aromatic heterocycles. The summed E-state index contributed by atoms with van der Waals surface area (Å²) in [7, 11) is 1.60. The van der Waals surface area contributed by atoms with Gasteiger partial charge in [-0.25, -0.2) is 4.79 Å². The Morgan fingerprint density at radius 1 is 1.16 bits per heavy atom. The van der Waals surface area contributed by atoms with Gasteiger partial charge in [-0.2, -0.15) is 0 Å². The number of anilines is 3. The maximum Gasteiger partial charge on any atom is 0.337 e. The van der Waals surface area contributed by atoms with Crippen molar-refractivity contribution in [3.63, 3.8) is 0 Å². The van der Waals surface area contributed by atoms with Crippen molar-refractivity contribution in [2.75, 3.05) is 18.2 Å². The van der Waals surface area contributed by atoms with Gasteiger partial charge >= 0.3 is 5.97 Å². The minimum absolute atomic E-state index is 0.0820. The van der Waals surface area contributed by atoms with Crippen molar-refractivity contribution in [2.45, 2.75) is 0 Å². The molecule has 0 heterocycles. The van der Waals surface area contributed by atoms with Crippen LogP contribution in [0.2, 0.25) is 0 Å². The molecule has 5 heteroatoms. The van der Waals surface area contributed by atoms with Crippen LogP contribution >= 0.6 is 0 Å². The van der Waals surface area contributed by atoms with Gasteiger partial charge in [0.25, 0.3) is 0 Å². The number of nitrogens with two attached hydrogens (primary N) is 1. The Balaban J connectivity index is 2.22. The zero-order valence-corrected chi connectivity index (χ0v) is 10.4. The lowest BCUT2D eigenvalue weighted by molar-refractivity contribution is 0.0698. The van der Waals surface area contributed by atoms with E-state index in [9.17, 15) is 4.79 Å². The lowest BCUT2D eigenvalue weighted by atomic mass is 10.1. The number of carboxylic acids is 1. The predicted octanol–water partition coefficient (Wildman–Crippen LogP) is 2.72. The first kappa shape index (κ1) is 12.8. The van der Waals surface area contributed by atoms with Gasteiger partial charge in [-0.05, 0) is 42.5 Å². The molecular formula is C14H14N2O3. The SMILES string of the molecule is COc1ccc(Nc2ccc(N)c(C(=O)O)c2)cc1. The average Bonchev–Trinajstić information content (AvgIpc) is 2.41. The van der Waals surface area contributed by atoms with E-state index in [0.717, 1.165) is 11.4 Å². The molecule has 98 valence electrons. The molecule has 0 bridgehead atoms. The number of rotatable bonds is 4. The molecule has 0 fully saturated rings. The zero-order chi connectivity index (χ0) is 13.8. The van der Waals surface area contributed by atoms with E-state index in [0.29, 0.717) is 5.69 Å². The number of carboxylic acid groups (broad SMARTS) is 1. The largest absolute Gasteiger partial charge is 0.497 e. The molecule has 0 saturated carbocycles. The summed E-state index contributed by atoms with van der Waals surface area (Å²) >= 11 is 0. The van der Waals surface area contributed by atoms with Crippen LogP contribution in [0, 0.1) is 0 Å². The van der Waals surface area contributed by atoms with Gasteiger partial charge in [0.15, 0.2) is 0 Å². The first-order valence-electron chi connectivity index (χ1n) is 5.64. The average molecular weight is 258 g/mol. The Morgan fingerprint density at radius 2 is 1.79 bits per heavy atom. The molecule has 0 saturated heterocycles. The molecule has 19 heavy (non-hydrogen) atoms. The summed E-state index contributed by atoms with van der Waals surface area (Å²) in [5.74, 6) is -0.287. The van der Waals surface area contributed by atoms with Crippen molar-refractivity contribution in [1.82, 2.24) is 0 Å². The highest BCUT2D eigenvalue weighted by Crippen LogP contribution is 2.23. The van der Waals surface area contributed by atoms with Crippen LogP contribution in [-0.2, 0) is 0 Å². The first-order valence-corrected chi connectivity index (χ1v) is 5.64. The van der Waals surface area contributed by atoms with Crippen molar-refractivity contribution in [1.29, 1.82) is 0 Å². The molecule has 5 nitrogen and oxygen atoms in total. The van der Waals surface area contributed by atoms with Gasteiger partial charge < -0.3 is 20.9 Å². The monoisotopic (exact) mass is 258 g/mol. The van der Waals surface area contributed by atoms with E-state index in [1.165, 1.54) is 6.07 Å². The topological polar surface area (TPSA) is 84.6 Å². The van der Waals surface area contributed by atoms with Crippen molar-refractivity contribution >= 4 is 23.0 Å². The number of benzene rings is 2. The van der Waals surface area contributed by atoms with E-state index < -0.39 is 5.97 Å². The quantitative estimate of drug-likeness (QED) is 0.734.